The number of aryl methyl sites for hydroxylation is 1. The maximum Gasteiger partial charge on any atom is 0.237 e. The molecule has 1 N–H and O–H groups in total. The molecule has 1 atom stereocenters. The summed E-state index contributed by atoms with van der Waals surface area (Å²) >= 11 is 1.38. The van der Waals surface area contributed by atoms with Crippen LogP contribution in [0.4, 0.5) is 5.69 Å². The molecule has 0 radical (unpaired) electrons. The molecular formula is C22H21N5O2S. The van der Waals surface area contributed by atoms with Crippen molar-refractivity contribution in [1.29, 1.82) is 0 Å². The van der Waals surface area contributed by atoms with Gasteiger partial charge in [-0.15, -0.1) is 0 Å². The fourth-order valence-electron chi connectivity index (χ4n) is 2.87. The molecule has 1 amide bonds. The van der Waals surface area contributed by atoms with Crippen LogP contribution in [0.5, 0.6) is 5.75 Å². The van der Waals surface area contributed by atoms with Gasteiger partial charge in [0.25, 0.3) is 0 Å². The van der Waals surface area contributed by atoms with Gasteiger partial charge in [0.05, 0.1) is 16.8 Å². The molecule has 0 spiro atoms. The fourth-order valence-corrected chi connectivity index (χ4v) is 3.75. The van der Waals surface area contributed by atoms with Gasteiger partial charge in [-0.1, -0.05) is 42.1 Å². The normalized spacial score (nSPS) is 11.9. The summed E-state index contributed by atoms with van der Waals surface area (Å²) in [4.78, 5) is 21.2. The Morgan fingerprint density at radius 2 is 1.90 bits per heavy atom. The van der Waals surface area contributed by atoms with Gasteiger partial charge in [0.2, 0.25) is 5.91 Å². The average Bonchev–Trinajstić information content (AvgIpc) is 3.16. The van der Waals surface area contributed by atoms with Gasteiger partial charge >= 0.3 is 0 Å². The summed E-state index contributed by atoms with van der Waals surface area (Å²) in [5.41, 5.74) is 2.56. The number of amides is 1. The number of hydrogen-bond donors (Lipinski definition) is 1. The molecule has 2 aromatic heterocycles. The predicted molar refractivity (Wildman–Crippen MR) is 117 cm³/mol. The summed E-state index contributed by atoms with van der Waals surface area (Å²) in [6, 6.07) is 17.3. The van der Waals surface area contributed by atoms with E-state index in [1.165, 1.54) is 18.1 Å². The number of rotatable bonds is 7. The van der Waals surface area contributed by atoms with Gasteiger partial charge < -0.3 is 10.1 Å². The number of nitrogens with zero attached hydrogens (tertiary/aromatic N) is 4. The standard InChI is InChI=1S/C22H21N5O2S/c1-15(30-22-19-12-25-27(2)20(19)23-14-24-22)21(28)26-17-8-10-18(11-9-17)29-13-16-6-4-3-5-7-16/h3-12,14-15H,13H2,1-2H3,(H,26,28). The fraction of sp³-hybridized carbons (Fsp3) is 0.182. The first-order chi connectivity index (χ1) is 14.6. The molecule has 0 saturated carbocycles. The first-order valence-corrected chi connectivity index (χ1v) is 10.3. The van der Waals surface area contributed by atoms with E-state index < -0.39 is 0 Å². The van der Waals surface area contributed by atoms with Crippen molar-refractivity contribution >= 4 is 34.4 Å². The largest absolute Gasteiger partial charge is 0.489 e. The molecule has 7 nitrogen and oxygen atoms in total. The summed E-state index contributed by atoms with van der Waals surface area (Å²) in [6.07, 6.45) is 3.21. The number of aromatic nitrogens is 4. The summed E-state index contributed by atoms with van der Waals surface area (Å²) in [6.45, 7) is 2.35. The molecule has 0 fully saturated rings. The van der Waals surface area contributed by atoms with Crippen molar-refractivity contribution in [3.05, 3.63) is 72.7 Å². The van der Waals surface area contributed by atoms with E-state index in [9.17, 15) is 4.79 Å². The lowest BCUT2D eigenvalue weighted by Gasteiger charge is -2.12. The van der Waals surface area contributed by atoms with E-state index in [1.807, 2.05) is 68.6 Å². The van der Waals surface area contributed by atoms with Crippen molar-refractivity contribution in [2.24, 2.45) is 7.05 Å². The second-order valence-electron chi connectivity index (χ2n) is 6.73. The van der Waals surface area contributed by atoms with Gasteiger partial charge in [-0.25, -0.2) is 9.97 Å². The van der Waals surface area contributed by atoms with Gasteiger partial charge in [0, 0.05) is 12.7 Å². The van der Waals surface area contributed by atoms with Gasteiger partial charge in [-0.05, 0) is 36.8 Å². The van der Waals surface area contributed by atoms with E-state index in [0.29, 0.717) is 12.3 Å². The monoisotopic (exact) mass is 419 g/mol. The SMILES string of the molecule is CC(Sc1ncnc2c1cnn2C)C(=O)Nc1ccc(OCc2ccccc2)cc1. The number of carbonyl (C=O) groups excluding carboxylic acids is 1. The molecule has 4 rings (SSSR count). The van der Waals surface area contributed by atoms with Crippen LogP contribution in [0.3, 0.4) is 0 Å². The quantitative estimate of drug-likeness (QED) is 0.359. The molecule has 0 aliphatic heterocycles. The van der Waals surface area contributed by atoms with E-state index in [-0.39, 0.29) is 11.2 Å². The molecule has 0 aliphatic rings. The minimum atomic E-state index is -0.336. The first kappa shape index (κ1) is 19.9. The summed E-state index contributed by atoms with van der Waals surface area (Å²) < 4.78 is 7.47. The van der Waals surface area contributed by atoms with Crippen molar-refractivity contribution in [3.63, 3.8) is 0 Å². The van der Waals surface area contributed by atoms with Gasteiger partial charge in [-0.3, -0.25) is 9.48 Å². The predicted octanol–water partition coefficient (Wildman–Crippen LogP) is 4.06. The van der Waals surface area contributed by atoms with Crippen molar-refractivity contribution in [3.8, 4) is 5.75 Å². The number of fused-ring (bicyclic) bond motifs is 1. The Bertz CT molecular complexity index is 1150. The van der Waals surface area contributed by atoms with Gasteiger partial charge in [0.15, 0.2) is 5.65 Å². The lowest BCUT2D eigenvalue weighted by atomic mass is 10.2. The maximum atomic E-state index is 12.6. The zero-order chi connectivity index (χ0) is 20.9. The Balaban J connectivity index is 1.34. The molecular weight excluding hydrogens is 398 g/mol. The molecule has 4 aromatic rings. The number of anilines is 1. The number of thioether (sulfide) groups is 1. The number of nitrogens with one attached hydrogen (secondary N) is 1. The highest BCUT2D eigenvalue weighted by Crippen LogP contribution is 2.28. The Morgan fingerprint density at radius 1 is 1.13 bits per heavy atom. The second-order valence-corrected chi connectivity index (χ2v) is 8.06. The van der Waals surface area contributed by atoms with Crippen molar-refractivity contribution in [2.75, 3.05) is 5.32 Å². The third-order valence-electron chi connectivity index (χ3n) is 4.52. The number of hydrogen-bond acceptors (Lipinski definition) is 6. The van der Waals surface area contributed by atoms with Crippen LogP contribution in [0.25, 0.3) is 11.0 Å². The lowest BCUT2D eigenvalue weighted by Crippen LogP contribution is -2.22. The highest BCUT2D eigenvalue weighted by Gasteiger charge is 2.18. The van der Waals surface area contributed by atoms with Crippen LogP contribution in [-0.4, -0.2) is 30.9 Å². The summed E-state index contributed by atoms with van der Waals surface area (Å²) in [5, 5.41) is 8.38. The summed E-state index contributed by atoms with van der Waals surface area (Å²) in [5.74, 6) is 0.646. The molecule has 2 aromatic carbocycles. The number of benzene rings is 2. The minimum absolute atomic E-state index is 0.103. The van der Waals surface area contributed by atoms with E-state index in [4.69, 9.17) is 4.74 Å². The van der Waals surface area contributed by atoms with Crippen molar-refractivity contribution in [1.82, 2.24) is 19.7 Å². The van der Waals surface area contributed by atoms with Crippen molar-refractivity contribution < 1.29 is 9.53 Å². The third-order valence-corrected chi connectivity index (χ3v) is 5.64. The van der Waals surface area contributed by atoms with Crippen LogP contribution in [0.2, 0.25) is 0 Å². The van der Waals surface area contributed by atoms with Crippen LogP contribution in [0, 0.1) is 0 Å². The van der Waals surface area contributed by atoms with E-state index in [1.54, 1.807) is 10.9 Å². The third kappa shape index (κ3) is 4.60. The molecule has 152 valence electrons. The number of carbonyl (C=O) groups is 1. The van der Waals surface area contributed by atoms with Crippen LogP contribution in [-0.2, 0) is 18.4 Å². The topological polar surface area (TPSA) is 81.9 Å². The average molecular weight is 420 g/mol. The number of ether oxygens (including phenoxy) is 1. The molecule has 2 heterocycles. The molecule has 0 aliphatic carbocycles. The van der Waals surface area contributed by atoms with E-state index in [0.717, 1.165) is 27.4 Å². The van der Waals surface area contributed by atoms with Crippen LogP contribution >= 0.6 is 11.8 Å². The van der Waals surface area contributed by atoms with Gasteiger partial charge in [0.1, 0.15) is 23.7 Å². The minimum Gasteiger partial charge on any atom is -0.489 e. The molecule has 0 saturated heterocycles. The Morgan fingerprint density at radius 3 is 2.67 bits per heavy atom. The van der Waals surface area contributed by atoms with Crippen LogP contribution in [0.1, 0.15) is 12.5 Å². The molecule has 8 heteroatoms. The highest BCUT2D eigenvalue weighted by molar-refractivity contribution is 8.00. The highest BCUT2D eigenvalue weighted by atomic mass is 32.2. The smallest absolute Gasteiger partial charge is 0.237 e. The maximum absolute atomic E-state index is 12.6. The Hall–Kier alpha value is -3.39. The van der Waals surface area contributed by atoms with Gasteiger partial charge in [-0.2, -0.15) is 5.10 Å². The van der Waals surface area contributed by atoms with Crippen LogP contribution in [0.15, 0.2) is 72.1 Å². The summed E-state index contributed by atoms with van der Waals surface area (Å²) in [7, 11) is 1.83. The molecule has 1 unspecified atom stereocenters. The second kappa shape index (κ2) is 8.96. The van der Waals surface area contributed by atoms with E-state index >= 15 is 0 Å². The lowest BCUT2D eigenvalue weighted by molar-refractivity contribution is -0.115. The Labute approximate surface area is 178 Å². The first-order valence-electron chi connectivity index (χ1n) is 9.47. The zero-order valence-corrected chi connectivity index (χ0v) is 17.5. The zero-order valence-electron chi connectivity index (χ0n) is 16.6. The van der Waals surface area contributed by atoms with Crippen molar-refractivity contribution in [2.45, 2.75) is 23.8 Å². The molecule has 0 bridgehead atoms. The van der Waals surface area contributed by atoms with Crippen LogP contribution < -0.4 is 10.1 Å². The Kier molecular flexibility index (Phi) is 5.94. The molecule has 30 heavy (non-hydrogen) atoms. The van der Waals surface area contributed by atoms with E-state index in [2.05, 4.69) is 20.4 Å².